The Kier molecular flexibility index (Phi) is 4.41. The Labute approximate surface area is 125 Å². The van der Waals surface area contributed by atoms with E-state index >= 15 is 0 Å². The number of hydrogen-bond acceptors (Lipinski definition) is 4. The second-order valence-corrected chi connectivity index (χ2v) is 5.82. The van der Waals surface area contributed by atoms with Crippen LogP contribution >= 0.6 is 0 Å². The van der Waals surface area contributed by atoms with Crippen molar-refractivity contribution in [3.8, 4) is 0 Å². The topological polar surface area (TPSA) is 58.8 Å². The largest absolute Gasteiger partial charge is 0.398 e. The molecule has 2 N–H and O–H groups in total. The zero-order chi connectivity index (χ0) is 14.7. The van der Waals surface area contributed by atoms with Crippen LogP contribution < -0.4 is 5.73 Å². The van der Waals surface area contributed by atoms with Crippen LogP contribution in [-0.2, 0) is 4.74 Å². The molecule has 1 aromatic carbocycles. The molecule has 1 unspecified atom stereocenters. The predicted molar refractivity (Wildman–Crippen MR) is 82.2 cm³/mol. The fraction of sp³-hybridized carbons (Fsp3) is 0.562. The molecule has 2 aliphatic heterocycles. The number of piperazine rings is 1. The first-order valence-corrected chi connectivity index (χ1v) is 7.72. The number of benzene rings is 1. The number of para-hydroxylation sites is 1. The molecule has 21 heavy (non-hydrogen) atoms. The second kappa shape index (κ2) is 6.45. The summed E-state index contributed by atoms with van der Waals surface area (Å²) in [5.74, 6) is 0.0462. The van der Waals surface area contributed by atoms with E-state index < -0.39 is 0 Å². The van der Waals surface area contributed by atoms with Gasteiger partial charge in [0.25, 0.3) is 5.91 Å². The molecule has 0 spiro atoms. The van der Waals surface area contributed by atoms with Crippen LogP contribution in [0.4, 0.5) is 5.69 Å². The van der Waals surface area contributed by atoms with Gasteiger partial charge in [0, 0.05) is 45.0 Å². The molecule has 1 aromatic rings. The molecule has 0 saturated carbocycles. The first kappa shape index (κ1) is 14.4. The summed E-state index contributed by atoms with van der Waals surface area (Å²) in [6.07, 6.45) is 2.73. The zero-order valence-electron chi connectivity index (χ0n) is 12.3. The number of amides is 1. The second-order valence-electron chi connectivity index (χ2n) is 5.82. The molecule has 1 amide bonds. The normalized spacial score (nSPS) is 23.4. The first-order valence-electron chi connectivity index (χ1n) is 7.72. The number of carbonyl (C=O) groups excluding carboxylic acids is 1. The van der Waals surface area contributed by atoms with E-state index in [0.29, 0.717) is 17.4 Å². The fourth-order valence-electron chi connectivity index (χ4n) is 3.07. The summed E-state index contributed by atoms with van der Waals surface area (Å²) in [7, 11) is 0. The highest BCUT2D eigenvalue weighted by Crippen LogP contribution is 2.17. The van der Waals surface area contributed by atoms with Gasteiger partial charge in [-0.05, 0) is 25.0 Å². The summed E-state index contributed by atoms with van der Waals surface area (Å²) >= 11 is 0. The lowest BCUT2D eigenvalue weighted by atomic mass is 10.1. The lowest BCUT2D eigenvalue weighted by Crippen LogP contribution is -2.50. The van der Waals surface area contributed by atoms with Crippen LogP contribution in [-0.4, -0.2) is 61.1 Å². The van der Waals surface area contributed by atoms with Gasteiger partial charge in [0.05, 0.1) is 11.7 Å². The van der Waals surface area contributed by atoms with Gasteiger partial charge in [-0.1, -0.05) is 12.1 Å². The minimum absolute atomic E-state index is 0.0462. The van der Waals surface area contributed by atoms with Crippen molar-refractivity contribution in [2.24, 2.45) is 0 Å². The molecule has 0 aliphatic carbocycles. The fourth-order valence-corrected chi connectivity index (χ4v) is 3.07. The van der Waals surface area contributed by atoms with Crippen molar-refractivity contribution in [1.82, 2.24) is 9.80 Å². The van der Waals surface area contributed by atoms with Crippen LogP contribution in [0.5, 0.6) is 0 Å². The average molecular weight is 289 g/mol. The van der Waals surface area contributed by atoms with Crippen molar-refractivity contribution in [2.75, 3.05) is 45.1 Å². The van der Waals surface area contributed by atoms with Gasteiger partial charge >= 0.3 is 0 Å². The zero-order valence-corrected chi connectivity index (χ0v) is 12.3. The summed E-state index contributed by atoms with van der Waals surface area (Å²) in [6.45, 7) is 5.25. The van der Waals surface area contributed by atoms with Crippen LogP contribution in [0.25, 0.3) is 0 Å². The van der Waals surface area contributed by atoms with Crippen molar-refractivity contribution >= 4 is 11.6 Å². The van der Waals surface area contributed by atoms with Gasteiger partial charge in [0.15, 0.2) is 0 Å². The molecule has 2 heterocycles. The SMILES string of the molecule is Nc1ccccc1C(=O)N1CCN(CC2CCCO2)CC1. The van der Waals surface area contributed by atoms with Crippen LogP contribution in [0.15, 0.2) is 24.3 Å². The van der Waals surface area contributed by atoms with E-state index in [1.165, 1.54) is 12.8 Å². The Morgan fingerprint density at radius 3 is 2.67 bits per heavy atom. The van der Waals surface area contributed by atoms with E-state index in [4.69, 9.17) is 10.5 Å². The number of nitrogen functional groups attached to an aromatic ring is 1. The number of anilines is 1. The van der Waals surface area contributed by atoms with Gasteiger partial charge in [-0.15, -0.1) is 0 Å². The standard InChI is InChI=1S/C16H23N3O2/c17-15-6-2-1-5-14(15)16(20)19-9-7-18(8-10-19)12-13-4-3-11-21-13/h1-2,5-6,13H,3-4,7-12,17H2. The van der Waals surface area contributed by atoms with Crippen molar-refractivity contribution in [3.63, 3.8) is 0 Å². The molecule has 2 aliphatic rings. The minimum atomic E-state index is 0.0462. The Hall–Kier alpha value is -1.59. The Bertz CT molecular complexity index is 492. The summed E-state index contributed by atoms with van der Waals surface area (Å²) in [5.41, 5.74) is 7.07. The molecule has 114 valence electrons. The van der Waals surface area contributed by atoms with E-state index in [2.05, 4.69) is 4.90 Å². The quantitative estimate of drug-likeness (QED) is 0.850. The monoisotopic (exact) mass is 289 g/mol. The molecule has 0 bridgehead atoms. The van der Waals surface area contributed by atoms with E-state index in [9.17, 15) is 4.79 Å². The number of hydrogen-bond donors (Lipinski definition) is 1. The highest BCUT2D eigenvalue weighted by atomic mass is 16.5. The molecule has 5 nitrogen and oxygen atoms in total. The van der Waals surface area contributed by atoms with Gasteiger partial charge < -0.3 is 15.4 Å². The maximum Gasteiger partial charge on any atom is 0.256 e. The molecular formula is C16H23N3O2. The van der Waals surface area contributed by atoms with Crippen LogP contribution in [0.1, 0.15) is 23.2 Å². The van der Waals surface area contributed by atoms with Gasteiger partial charge in [-0.3, -0.25) is 9.69 Å². The average Bonchev–Trinajstić information content (AvgIpc) is 3.01. The lowest BCUT2D eigenvalue weighted by molar-refractivity contribution is 0.0433. The van der Waals surface area contributed by atoms with E-state index in [-0.39, 0.29) is 5.91 Å². The van der Waals surface area contributed by atoms with Crippen molar-refractivity contribution in [3.05, 3.63) is 29.8 Å². The highest BCUT2D eigenvalue weighted by Gasteiger charge is 2.25. The van der Waals surface area contributed by atoms with E-state index in [1.807, 2.05) is 17.0 Å². The highest BCUT2D eigenvalue weighted by molar-refractivity contribution is 5.99. The molecule has 0 radical (unpaired) electrons. The summed E-state index contributed by atoms with van der Waals surface area (Å²) in [6, 6.07) is 7.29. The molecular weight excluding hydrogens is 266 g/mol. The predicted octanol–water partition coefficient (Wildman–Crippen LogP) is 1.21. The smallest absolute Gasteiger partial charge is 0.256 e. The number of nitrogens with two attached hydrogens (primary N) is 1. The van der Waals surface area contributed by atoms with Gasteiger partial charge in [0.1, 0.15) is 0 Å². The Balaban J connectivity index is 1.53. The minimum Gasteiger partial charge on any atom is -0.398 e. The number of carbonyl (C=O) groups is 1. The van der Waals surface area contributed by atoms with Gasteiger partial charge in [0.2, 0.25) is 0 Å². The summed E-state index contributed by atoms with van der Waals surface area (Å²) in [5, 5.41) is 0. The lowest BCUT2D eigenvalue weighted by Gasteiger charge is -2.35. The van der Waals surface area contributed by atoms with Gasteiger partial charge in [-0.25, -0.2) is 0 Å². The third-order valence-corrected chi connectivity index (χ3v) is 4.34. The number of ether oxygens (including phenoxy) is 1. The molecule has 3 rings (SSSR count). The number of rotatable bonds is 3. The Morgan fingerprint density at radius 1 is 1.24 bits per heavy atom. The molecule has 1 atom stereocenters. The molecule has 2 fully saturated rings. The first-order chi connectivity index (χ1) is 10.2. The van der Waals surface area contributed by atoms with Gasteiger partial charge in [-0.2, -0.15) is 0 Å². The van der Waals surface area contributed by atoms with Crippen molar-refractivity contribution < 1.29 is 9.53 Å². The van der Waals surface area contributed by atoms with Crippen LogP contribution in [0, 0.1) is 0 Å². The Morgan fingerprint density at radius 2 is 2.00 bits per heavy atom. The maximum absolute atomic E-state index is 12.5. The van der Waals surface area contributed by atoms with E-state index in [0.717, 1.165) is 39.3 Å². The van der Waals surface area contributed by atoms with E-state index in [1.54, 1.807) is 12.1 Å². The molecule has 5 heteroatoms. The maximum atomic E-state index is 12.5. The summed E-state index contributed by atoms with van der Waals surface area (Å²) in [4.78, 5) is 16.8. The summed E-state index contributed by atoms with van der Waals surface area (Å²) < 4.78 is 5.68. The third-order valence-electron chi connectivity index (χ3n) is 4.34. The van der Waals surface area contributed by atoms with Crippen LogP contribution in [0.2, 0.25) is 0 Å². The van der Waals surface area contributed by atoms with Crippen molar-refractivity contribution in [1.29, 1.82) is 0 Å². The van der Waals surface area contributed by atoms with Crippen LogP contribution in [0.3, 0.4) is 0 Å². The third kappa shape index (κ3) is 3.36. The van der Waals surface area contributed by atoms with Crippen molar-refractivity contribution in [2.45, 2.75) is 18.9 Å². The number of nitrogens with zero attached hydrogens (tertiary/aromatic N) is 2. The molecule has 2 saturated heterocycles. The molecule has 0 aromatic heterocycles.